The fraction of sp³-hybridized carbons (Fsp3) is 0.400. The van der Waals surface area contributed by atoms with E-state index < -0.39 is 0 Å². The zero-order valence-corrected chi connectivity index (χ0v) is 11.5. The van der Waals surface area contributed by atoms with E-state index in [9.17, 15) is 0 Å². The fourth-order valence-electron chi connectivity index (χ4n) is 2.29. The lowest BCUT2D eigenvalue weighted by Gasteiger charge is -2.20. The van der Waals surface area contributed by atoms with E-state index in [0.717, 1.165) is 29.4 Å². The summed E-state index contributed by atoms with van der Waals surface area (Å²) in [5.41, 5.74) is 8.58. The number of nitrogens with two attached hydrogens (primary N) is 1. The Kier molecular flexibility index (Phi) is 4.58. The van der Waals surface area contributed by atoms with Gasteiger partial charge < -0.3 is 15.8 Å². The van der Waals surface area contributed by atoms with Gasteiger partial charge in [0.1, 0.15) is 0 Å². The SMILES string of the molecule is CCCC(COC)Nc1ccc(N)c2ncccc12. The van der Waals surface area contributed by atoms with Crippen molar-refractivity contribution in [2.24, 2.45) is 0 Å². The van der Waals surface area contributed by atoms with Crippen LogP contribution in [0.5, 0.6) is 0 Å². The quantitative estimate of drug-likeness (QED) is 0.783. The van der Waals surface area contributed by atoms with Crippen molar-refractivity contribution in [2.75, 3.05) is 24.8 Å². The van der Waals surface area contributed by atoms with Crippen molar-refractivity contribution in [1.82, 2.24) is 4.98 Å². The fourth-order valence-corrected chi connectivity index (χ4v) is 2.29. The van der Waals surface area contributed by atoms with Crippen LogP contribution in [0.2, 0.25) is 0 Å². The Balaban J connectivity index is 2.31. The van der Waals surface area contributed by atoms with E-state index in [1.807, 2.05) is 24.3 Å². The number of aromatic nitrogens is 1. The van der Waals surface area contributed by atoms with Crippen LogP contribution in [0, 0.1) is 0 Å². The van der Waals surface area contributed by atoms with Crippen LogP contribution in [0.3, 0.4) is 0 Å². The van der Waals surface area contributed by atoms with Gasteiger partial charge in [-0.15, -0.1) is 0 Å². The molecule has 0 bridgehead atoms. The summed E-state index contributed by atoms with van der Waals surface area (Å²) >= 11 is 0. The summed E-state index contributed by atoms with van der Waals surface area (Å²) in [5, 5.41) is 4.59. The molecule has 0 spiro atoms. The van der Waals surface area contributed by atoms with Crippen LogP contribution >= 0.6 is 0 Å². The second-order valence-corrected chi connectivity index (χ2v) is 4.69. The first kappa shape index (κ1) is 13.6. The second-order valence-electron chi connectivity index (χ2n) is 4.69. The smallest absolute Gasteiger partial charge is 0.0951 e. The summed E-state index contributed by atoms with van der Waals surface area (Å²) in [6, 6.07) is 8.18. The molecule has 1 aromatic carbocycles. The molecule has 102 valence electrons. The Morgan fingerprint density at radius 1 is 1.37 bits per heavy atom. The molecule has 1 aromatic heterocycles. The molecular formula is C15H21N3O. The predicted octanol–water partition coefficient (Wildman–Crippen LogP) is 3.04. The summed E-state index contributed by atoms with van der Waals surface area (Å²) in [5.74, 6) is 0. The van der Waals surface area contributed by atoms with E-state index in [1.54, 1.807) is 13.3 Å². The third-order valence-corrected chi connectivity index (χ3v) is 3.17. The molecule has 19 heavy (non-hydrogen) atoms. The van der Waals surface area contributed by atoms with Crippen LogP contribution in [-0.2, 0) is 4.74 Å². The van der Waals surface area contributed by atoms with Gasteiger partial charge in [0.25, 0.3) is 0 Å². The number of nitrogen functional groups attached to an aromatic ring is 1. The van der Waals surface area contributed by atoms with E-state index in [1.165, 1.54) is 0 Å². The lowest BCUT2D eigenvalue weighted by atomic mass is 10.1. The standard InChI is InChI=1S/C15H21N3O/c1-3-5-11(10-19-2)18-14-8-7-13(16)15-12(14)6-4-9-17-15/h4,6-9,11,18H,3,5,10,16H2,1-2H3. The highest BCUT2D eigenvalue weighted by molar-refractivity contribution is 5.98. The molecule has 0 saturated carbocycles. The number of hydrogen-bond donors (Lipinski definition) is 2. The number of hydrogen-bond acceptors (Lipinski definition) is 4. The van der Waals surface area contributed by atoms with Gasteiger partial charge in [0.2, 0.25) is 0 Å². The molecule has 1 unspecified atom stereocenters. The van der Waals surface area contributed by atoms with Crippen molar-refractivity contribution in [3.63, 3.8) is 0 Å². The Morgan fingerprint density at radius 3 is 2.95 bits per heavy atom. The van der Waals surface area contributed by atoms with Crippen LogP contribution < -0.4 is 11.1 Å². The minimum Gasteiger partial charge on any atom is -0.397 e. The van der Waals surface area contributed by atoms with Crippen molar-refractivity contribution in [1.29, 1.82) is 0 Å². The normalized spacial score (nSPS) is 12.5. The molecular weight excluding hydrogens is 238 g/mol. The number of nitrogens with one attached hydrogen (secondary N) is 1. The zero-order valence-electron chi connectivity index (χ0n) is 11.5. The molecule has 0 amide bonds. The van der Waals surface area contributed by atoms with Crippen molar-refractivity contribution in [3.05, 3.63) is 30.5 Å². The molecule has 4 heteroatoms. The molecule has 1 heterocycles. The minimum absolute atomic E-state index is 0.307. The molecule has 0 aliphatic heterocycles. The average molecular weight is 259 g/mol. The number of ether oxygens (including phenoxy) is 1. The van der Waals surface area contributed by atoms with Gasteiger partial charge in [0.15, 0.2) is 0 Å². The number of nitrogens with zero attached hydrogens (tertiary/aromatic N) is 1. The van der Waals surface area contributed by atoms with Crippen molar-refractivity contribution in [2.45, 2.75) is 25.8 Å². The second kappa shape index (κ2) is 6.38. The van der Waals surface area contributed by atoms with Gasteiger partial charge in [-0.25, -0.2) is 0 Å². The molecule has 0 aliphatic carbocycles. The van der Waals surface area contributed by atoms with Gasteiger partial charge in [-0.2, -0.15) is 0 Å². The molecule has 4 nitrogen and oxygen atoms in total. The van der Waals surface area contributed by atoms with E-state index >= 15 is 0 Å². The Morgan fingerprint density at radius 2 is 2.21 bits per heavy atom. The van der Waals surface area contributed by atoms with Crippen LogP contribution in [-0.4, -0.2) is 24.7 Å². The largest absolute Gasteiger partial charge is 0.397 e. The summed E-state index contributed by atoms with van der Waals surface area (Å²) < 4.78 is 5.26. The number of rotatable bonds is 6. The maximum absolute atomic E-state index is 5.96. The van der Waals surface area contributed by atoms with Gasteiger partial charge in [0.05, 0.1) is 17.8 Å². The highest BCUT2D eigenvalue weighted by atomic mass is 16.5. The first-order valence-corrected chi connectivity index (χ1v) is 6.65. The summed E-state index contributed by atoms with van der Waals surface area (Å²) in [4.78, 5) is 4.34. The zero-order chi connectivity index (χ0) is 13.7. The predicted molar refractivity (Wildman–Crippen MR) is 80.4 cm³/mol. The molecule has 0 fully saturated rings. The molecule has 3 N–H and O–H groups in total. The van der Waals surface area contributed by atoms with Crippen LogP contribution in [0.15, 0.2) is 30.5 Å². The first-order valence-electron chi connectivity index (χ1n) is 6.65. The van der Waals surface area contributed by atoms with E-state index in [2.05, 4.69) is 17.2 Å². The minimum atomic E-state index is 0.307. The number of pyridine rings is 1. The van der Waals surface area contributed by atoms with Gasteiger partial charge in [-0.05, 0) is 30.7 Å². The Hall–Kier alpha value is -1.81. The molecule has 2 rings (SSSR count). The van der Waals surface area contributed by atoms with Crippen molar-refractivity contribution < 1.29 is 4.74 Å². The third kappa shape index (κ3) is 3.15. The third-order valence-electron chi connectivity index (χ3n) is 3.17. The number of anilines is 2. The van der Waals surface area contributed by atoms with E-state index in [-0.39, 0.29) is 0 Å². The average Bonchev–Trinajstić information content (AvgIpc) is 2.43. The monoisotopic (exact) mass is 259 g/mol. The van der Waals surface area contributed by atoms with Crippen molar-refractivity contribution in [3.8, 4) is 0 Å². The maximum Gasteiger partial charge on any atom is 0.0951 e. The summed E-state index contributed by atoms with van der Waals surface area (Å²) in [6.07, 6.45) is 3.95. The van der Waals surface area contributed by atoms with Gasteiger partial charge >= 0.3 is 0 Å². The van der Waals surface area contributed by atoms with Crippen LogP contribution in [0.1, 0.15) is 19.8 Å². The molecule has 2 aromatic rings. The van der Waals surface area contributed by atoms with Crippen LogP contribution in [0.4, 0.5) is 11.4 Å². The van der Waals surface area contributed by atoms with Gasteiger partial charge in [-0.1, -0.05) is 13.3 Å². The Labute approximate surface area is 114 Å². The molecule has 0 saturated heterocycles. The molecule has 0 aliphatic rings. The van der Waals surface area contributed by atoms with E-state index in [4.69, 9.17) is 10.5 Å². The lowest BCUT2D eigenvalue weighted by molar-refractivity contribution is 0.182. The molecule has 1 atom stereocenters. The van der Waals surface area contributed by atoms with Gasteiger partial charge in [0, 0.05) is 30.4 Å². The van der Waals surface area contributed by atoms with Gasteiger partial charge in [-0.3, -0.25) is 4.98 Å². The number of benzene rings is 1. The van der Waals surface area contributed by atoms with E-state index in [0.29, 0.717) is 18.3 Å². The number of fused-ring (bicyclic) bond motifs is 1. The highest BCUT2D eigenvalue weighted by Gasteiger charge is 2.10. The van der Waals surface area contributed by atoms with Crippen molar-refractivity contribution >= 4 is 22.3 Å². The number of methoxy groups -OCH3 is 1. The Bertz CT molecular complexity index is 536. The summed E-state index contributed by atoms with van der Waals surface area (Å²) in [6.45, 7) is 2.87. The summed E-state index contributed by atoms with van der Waals surface area (Å²) in [7, 11) is 1.73. The topological polar surface area (TPSA) is 60.2 Å². The van der Waals surface area contributed by atoms with Crippen LogP contribution in [0.25, 0.3) is 10.9 Å². The highest BCUT2D eigenvalue weighted by Crippen LogP contribution is 2.27. The first-order chi connectivity index (χ1) is 9.26. The molecule has 0 radical (unpaired) electrons. The maximum atomic E-state index is 5.96. The lowest BCUT2D eigenvalue weighted by Crippen LogP contribution is -2.24.